The summed E-state index contributed by atoms with van der Waals surface area (Å²) in [5.41, 5.74) is 7.14. The van der Waals surface area contributed by atoms with Crippen molar-refractivity contribution in [3.05, 3.63) is 77.4 Å². The minimum absolute atomic E-state index is 0.102. The smallest absolute Gasteiger partial charge is 0.242 e. The van der Waals surface area contributed by atoms with Crippen LogP contribution < -0.4 is 10.5 Å². The highest BCUT2D eigenvalue weighted by Crippen LogP contribution is 2.32. The van der Waals surface area contributed by atoms with Crippen LogP contribution >= 0.6 is 0 Å². The third kappa shape index (κ3) is 3.94. The summed E-state index contributed by atoms with van der Waals surface area (Å²) < 4.78 is 0. The molecule has 5 heteroatoms. The lowest BCUT2D eigenvalue weighted by Crippen LogP contribution is -2.40. The molecular formula is C21H21N2O3-. The van der Waals surface area contributed by atoms with Gasteiger partial charge in [-0.05, 0) is 35.6 Å². The van der Waals surface area contributed by atoms with Gasteiger partial charge < -0.3 is 9.90 Å². The number of carbonyl (C=O) groups excluding carboxylic acids is 2. The number of carbonyl (C=O) groups is 2. The number of carboxylic acids is 1. The molecule has 0 aliphatic carbocycles. The summed E-state index contributed by atoms with van der Waals surface area (Å²) in [5.74, 6) is -1.50. The predicted molar refractivity (Wildman–Crippen MR) is 97.2 cm³/mol. The molecule has 0 saturated heterocycles. The largest absolute Gasteiger partial charge is 0.550 e. The monoisotopic (exact) mass is 349 g/mol. The minimum atomic E-state index is -1.22. The van der Waals surface area contributed by atoms with Crippen molar-refractivity contribution in [1.82, 2.24) is 10.4 Å². The van der Waals surface area contributed by atoms with Crippen molar-refractivity contribution in [2.24, 2.45) is 0 Å². The molecule has 1 aliphatic heterocycles. The van der Waals surface area contributed by atoms with Gasteiger partial charge in [0.1, 0.15) is 0 Å². The number of rotatable bonds is 6. The molecule has 0 aromatic heterocycles. The van der Waals surface area contributed by atoms with Crippen LogP contribution in [-0.2, 0) is 16.0 Å². The Labute approximate surface area is 152 Å². The lowest BCUT2D eigenvalue weighted by atomic mass is 10.0. The molecule has 1 N–H and O–H groups in total. The maximum Gasteiger partial charge on any atom is 0.242 e. The summed E-state index contributed by atoms with van der Waals surface area (Å²) in [4.78, 5) is 23.3. The van der Waals surface area contributed by atoms with Gasteiger partial charge in [0, 0.05) is 12.4 Å². The van der Waals surface area contributed by atoms with Crippen LogP contribution in [0.25, 0.3) is 5.70 Å². The highest BCUT2D eigenvalue weighted by molar-refractivity contribution is 5.83. The van der Waals surface area contributed by atoms with Crippen LogP contribution in [0.1, 0.15) is 42.5 Å². The number of aliphatic carboxylic acids is 1. The van der Waals surface area contributed by atoms with E-state index in [9.17, 15) is 14.7 Å². The number of amides is 1. The van der Waals surface area contributed by atoms with Crippen molar-refractivity contribution < 1.29 is 14.7 Å². The number of aryl methyl sites for hydroxylation is 1. The van der Waals surface area contributed by atoms with E-state index in [2.05, 4.69) is 12.3 Å². The van der Waals surface area contributed by atoms with Gasteiger partial charge in [-0.25, -0.2) is 5.01 Å². The number of benzene rings is 2. The van der Waals surface area contributed by atoms with Gasteiger partial charge >= 0.3 is 0 Å². The van der Waals surface area contributed by atoms with Crippen molar-refractivity contribution in [2.45, 2.75) is 32.2 Å². The van der Waals surface area contributed by atoms with E-state index in [1.807, 2.05) is 60.7 Å². The van der Waals surface area contributed by atoms with Crippen molar-refractivity contribution in [2.75, 3.05) is 0 Å². The topological polar surface area (TPSA) is 72.5 Å². The lowest BCUT2D eigenvalue weighted by molar-refractivity contribution is -0.305. The first kappa shape index (κ1) is 17.7. The van der Waals surface area contributed by atoms with Crippen LogP contribution in [0.15, 0.2) is 60.7 Å². The van der Waals surface area contributed by atoms with Crippen molar-refractivity contribution in [3.63, 3.8) is 0 Å². The van der Waals surface area contributed by atoms with E-state index >= 15 is 0 Å². The molecule has 1 amide bonds. The van der Waals surface area contributed by atoms with Gasteiger partial charge in [0.15, 0.2) is 0 Å². The number of hydrazine groups is 1. The molecule has 2 aromatic rings. The Hall–Kier alpha value is -3.08. The summed E-state index contributed by atoms with van der Waals surface area (Å²) in [5, 5.41) is 12.2. The van der Waals surface area contributed by atoms with E-state index in [0.717, 1.165) is 23.2 Å². The fraction of sp³-hybridized carbons (Fsp3) is 0.238. The van der Waals surface area contributed by atoms with Gasteiger partial charge in [0.05, 0.1) is 11.7 Å². The Balaban J connectivity index is 1.89. The Morgan fingerprint density at radius 3 is 2.35 bits per heavy atom. The van der Waals surface area contributed by atoms with Gasteiger partial charge in [0.2, 0.25) is 5.91 Å². The lowest BCUT2D eigenvalue weighted by Gasteiger charge is -2.26. The van der Waals surface area contributed by atoms with Crippen LogP contribution in [0.5, 0.6) is 0 Å². The molecule has 1 heterocycles. The standard InChI is InChI=1S/C21H22N2O3/c1-2-15-8-10-17(11-9-15)19-14-18(16-6-4-3-5-7-16)22-23(19)20(24)12-13-21(25)26/h3-11,14,19,22H,2,12-13H2,1H3,(H,25,26)/p-1. The molecule has 5 nitrogen and oxygen atoms in total. The molecule has 0 radical (unpaired) electrons. The quantitative estimate of drug-likeness (QED) is 0.868. The fourth-order valence-electron chi connectivity index (χ4n) is 2.99. The number of hydrogen-bond acceptors (Lipinski definition) is 4. The molecule has 0 spiro atoms. The average molecular weight is 349 g/mol. The molecule has 0 bridgehead atoms. The maximum atomic E-state index is 12.6. The van der Waals surface area contributed by atoms with Gasteiger partial charge in [-0.3, -0.25) is 10.2 Å². The van der Waals surface area contributed by atoms with E-state index in [1.54, 1.807) is 0 Å². The predicted octanol–water partition coefficient (Wildman–Crippen LogP) is 2.21. The number of nitrogens with one attached hydrogen (secondary N) is 1. The highest BCUT2D eigenvalue weighted by atomic mass is 16.4. The molecule has 134 valence electrons. The van der Waals surface area contributed by atoms with Crippen LogP contribution in [0.3, 0.4) is 0 Å². The summed E-state index contributed by atoms with van der Waals surface area (Å²) in [6.45, 7) is 2.09. The SMILES string of the molecule is CCc1ccc(C2C=C(c3ccccc3)NN2C(=O)CCC(=O)[O-])cc1. The first-order valence-corrected chi connectivity index (χ1v) is 8.73. The second-order valence-electron chi connectivity index (χ2n) is 6.23. The first-order valence-electron chi connectivity index (χ1n) is 8.73. The molecule has 2 aromatic carbocycles. The molecule has 3 rings (SSSR count). The maximum absolute atomic E-state index is 12.6. The molecular weight excluding hydrogens is 328 g/mol. The first-order chi connectivity index (χ1) is 12.6. The Morgan fingerprint density at radius 2 is 1.73 bits per heavy atom. The normalized spacial score (nSPS) is 16.1. The van der Waals surface area contributed by atoms with Crippen LogP contribution in [0, 0.1) is 0 Å². The third-order valence-electron chi connectivity index (χ3n) is 4.47. The zero-order chi connectivity index (χ0) is 18.5. The van der Waals surface area contributed by atoms with Crippen molar-refractivity contribution in [1.29, 1.82) is 0 Å². The van der Waals surface area contributed by atoms with Gasteiger partial charge in [-0.2, -0.15) is 0 Å². The van der Waals surface area contributed by atoms with E-state index in [0.29, 0.717) is 0 Å². The highest BCUT2D eigenvalue weighted by Gasteiger charge is 2.30. The zero-order valence-corrected chi connectivity index (χ0v) is 14.6. The molecule has 0 saturated carbocycles. The summed E-state index contributed by atoms with van der Waals surface area (Å²) >= 11 is 0. The van der Waals surface area contributed by atoms with E-state index < -0.39 is 5.97 Å². The number of carboxylic acid groups (broad SMARTS) is 1. The molecule has 26 heavy (non-hydrogen) atoms. The van der Waals surface area contributed by atoms with E-state index in [1.165, 1.54) is 10.6 Å². The molecule has 1 aliphatic rings. The summed E-state index contributed by atoms with van der Waals surface area (Å²) in [6, 6.07) is 17.6. The van der Waals surface area contributed by atoms with Crippen LogP contribution in [-0.4, -0.2) is 16.9 Å². The van der Waals surface area contributed by atoms with Gasteiger partial charge in [-0.15, -0.1) is 0 Å². The Kier molecular flexibility index (Phi) is 5.37. The Bertz CT molecular complexity index is 813. The van der Waals surface area contributed by atoms with E-state index in [-0.39, 0.29) is 24.8 Å². The van der Waals surface area contributed by atoms with Crippen LogP contribution in [0.4, 0.5) is 0 Å². The second kappa shape index (κ2) is 7.87. The van der Waals surface area contributed by atoms with Crippen LogP contribution in [0.2, 0.25) is 0 Å². The Morgan fingerprint density at radius 1 is 1.04 bits per heavy atom. The van der Waals surface area contributed by atoms with Gasteiger partial charge in [0.25, 0.3) is 0 Å². The third-order valence-corrected chi connectivity index (χ3v) is 4.47. The molecule has 1 unspecified atom stereocenters. The minimum Gasteiger partial charge on any atom is -0.550 e. The number of hydrogen-bond donors (Lipinski definition) is 1. The fourth-order valence-corrected chi connectivity index (χ4v) is 2.99. The van der Waals surface area contributed by atoms with Crippen molar-refractivity contribution in [3.8, 4) is 0 Å². The molecule has 0 fully saturated rings. The van der Waals surface area contributed by atoms with Crippen molar-refractivity contribution >= 4 is 17.6 Å². The second-order valence-corrected chi connectivity index (χ2v) is 6.23. The molecule has 1 atom stereocenters. The average Bonchev–Trinajstić information content (AvgIpc) is 3.12. The zero-order valence-electron chi connectivity index (χ0n) is 14.6. The summed E-state index contributed by atoms with van der Waals surface area (Å²) in [6.07, 6.45) is 2.55. The van der Waals surface area contributed by atoms with Gasteiger partial charge in [-0.1, -0.05) is 61.5 Å². The van der Waals surface area contributed by atoms with E-state index in [4.69, 9.17) is 0 Å². The summed E-state index contributed by atoms with van der Waals surface area (Å²) in [7, 11) is 0. The number of nitrogens with zero attached hydrogens (tertiary/aromatic N) is 1.